The first kappa shape index (κ1) is 19.0. The van der Waals surface area contributed by atoms with Crippen LogP contribution in [0.3, 0.4) is 0 Å². The lowest BCUT2D eigenvalue weighted by molar-refractivity contribution is -0.127. The molecule has 1 atom stereocenters. The second kappa shape index (κ2) is 8.31. The Balaban J connectivity index is 1.63. The van der Waals surface area contributed by atoms with E-state index in [2.05, 4.69) is 10.5 Å². The number of rotatable bonds is 5. The number of amides is 1. The predicted molar refractivity (Wildman–Crippen MR) is 104 cm³/mol. The first-order valence-electron chi connectivity index (χ1n) is 8.61. The Bertz CT molecular complexity index is 882. The van der Waals surface area contributed by atoms with Crippen LogP contribution in [0.25, 0.3) is 0 Å². The zero-order valence-electron chi connectivity index (χ0n) is 15.4. The van der Waals surface area contributed by atoms with Gasteiger partial charge in [-0.2, -0.15) is 5.10 Å². The van der Waals surface area contributed by atoms with E-state index in [0.717, 1.165) is 11.1 Å². The molecule has 0 radical (unpaired) electrons. The summed E-state index contributed by atoms with van der Waals surface area (Å²) in [5.41, 5.74) is 4.88. The molecule has 2 aromatic rings. The quantitative estimate of drug-likeness (QED) is 0.626. The molecule has 7 heteroatoms. The van der Waals surface area contributed by atoms with E-state index in [1.54, 1.807) is 32.0 Å². The van der Waals surface area contributed by atoms with Crippen LogP contribution < -0.4 is 19.6 Å². The maximum absolute atomic E-state index is 12.3. The molecule has 1 aliphatic heterocycles. The van der Waals surface area contributed by atoms with Crippen LogP contribution in [-0.4, -0.2) is 30.9 Å². The van der Waals surface area contributed by atoms with Crippen LogP contribution in [0.4, 0.5) is 0 Å². The molecular weight excluding hydrogens is 368 g/mol. The third-order valence-electron chi connectivity index (χ3n) is 4.10. The maximum atomic E-state index is 12.3. The van der Waals surface area contributed by atoms with Gasteiger partial charge in [-0.1, -0.05) is 11.6 Å². The molecule has 6 nitrogen and oxygen atoms in total. The highest BCUT2D eigenvalue weighted by Crippen LogP contribution is 2.30. The summed E-state index contributed by atoms with van der Waals surface area (Å²) < 4.78 is 16.8. The average molecular weight is 389 g/mol. The number of hydrogen-bond donors (Lipinski definition) is 1. The van der Waals surface area contributed by atoms with Gasteiger partial charge in [0.1, 0.15) is 19.0 Å². The fourth-order valence-electron chi connectivity index (χ4n) is 2.55. The SMILES string of the molecule is C/C(=N/NC(=O)C(C)Oc1ccc(Cl)cc1C)c1ccc2c(c1)OCCO2. The van der Waals surface area contributed by atoms with Crippen molar-refractivity contribution >= 4 is 23.2 Å². The van der Waals surface area contributed by atoms with Gasteiger partial charge in [0.2, 0.25) is 0 Å². The smallest absolute Gasteiger partial charge is 0.280 e. The monoisotopic (exact) mass is 388 g/mol. The lowest BCUT2D eigenvalue weighted by atomic mass is 10.1. The Morgan fingerprint density at radius 1 is 1.19 bits per heavy atom. The zero-order chi connectivity index (χ0) is 19.4. The zero-order valence-corrected chi connectivity index (χ0v) is 16.2. The number of nitrogens with one attached hydrogen (secondary N) is 1. The van der Waals surface area contributed by atoms with Gasteiger partial charge >= 0.3 is 0 Å². The minimum atomic E-state index is -0.707. The summed E-state index contributed by atoms with van der Waals surface area (Å²) >= 11 is 5.93. The number of aryl methyl sites for hydroxylation is 1. The summed E-state index contributed by atoms with van der Waals surface area (Å²) in [4.78, 5) is 12.3. The van der Waals surface area contributed by atoms with Gasteiger partial charge in [-0.3, -0.25) is 4.79 Å². The molecule has 1 heterocycles. The molecule has 1 N–H and O–H groups in total. The van der Waals surface area contributed by atoms with Crippen molar-refractivity contribution in [1.29, 1.82) is 0 Å². The van der Waals surface area contributed by atoms with Gasteiger partial charge in [0, 0.05) is 10.6 Å². The van der Waals surface area contributed by atoms with Gasteiger partial charge in [0.25, 0.3) is 5.91 Å². The molecule has 27 heavy (non-hydrogen) atoms. The van der Waals surface area contributed by atoms with E-state index in [9.17, 15) is 4.79 Å². The van der Waals surface area contributed by atoms with Crippen LogP contribution in [0.2, 0.25) is 5.02 Å². The molecule has 0 spiro atoms. The fourth-order valence-corrected chi connectivity index (χ4v) is 2.78. The van der Waals surface area contributed by atoms with Crippen molar-refractivity contribution < 1.29 is 19.0 Å². The van der Waals surface area contributed by atoms with Gasteiger partial charge < -0.3 is 14.2 Å². The number of benzene rings is 2. The molecule has 0 aromatic heterocycles. The summed E-state index contributed by atoms with van der Waals surface area (Å²) in [5, 5.41) is 4.78. The molecule has 2 aromatic carbocycles. The van der Waals surface area contributed by atoms with Crippen LogP contribution in [0.15, 0.2) is 41.5 Å². The first-order valence-corrected chi connectivity index (χ1v) is 8.99. The number of carbonyl (C=O) groups excluding carboxylic acids is 1. The Morgan fingerprint density at radius 2 is 1.93 bits per heavy atom. The molecule has 0 fully saturated rings. The van der Waals surface area contributed by atoms with Gasteiger partial charge in [-0.15, -0.1) is 0 Å². The van der Waals surface area contributed by atoms with Crippen molar-refractivity contribution in [3.8, 4) is 17.2 Å². The van der Waals surface area contributed by atoms with E-state index in [1.807, 2.05) is 25.1 Å². The molecule has 0 bridgehead atoms. The van der Waals surface area contributed by atoms with Crippen molar-refractivity contribution in [2.45, 2.75) is 26.9 Å². The Hall–Kier alpha value is -2.73. The maximum Gasteiger partial charge on any atom is 0.280 e. The lowest BCUT2D eigenvalue weighted by Crippen LogP contribution is -2.34. The van der Waals surface area contributed by atoms with E-state index < -0.39 is 6.10 Å². The number of carbonyl (C=O) groups is 1. The Kier molecular flexibility index (Phi) is 5.86. The summed E-state index contributed by atoms with van der Waals surface area (Å²) in [7, 11) is 0. The topological polar surface area (TPSA) is 69.2 Å². The summed E-state index contributed by atoms with van der Waals surface area (Å²) in [5.74, 6) is 1.65. The van der Waals surface area contributed by atoms with Crippen molar-refractivity contribution in [2.24, 2.45) is 5.10 Å². The number of fused-ring (bicyclic) bond motifs is 1. The van der Waals surface area contributed by atoms with E-state index >= 15 is 0 Å². The highest BCUT2D eigenvalue weighted by atomic mass is 35.5. The summed E-state index contributed by atoms with van der Waals surface area (Å²) in [6.07, 6.45) is -0.707. The van der Waals surface area contributed by atoms with Crippen molar-refractivity contribution in [1.82, 2.24) is 5.43 Å². The first-order chi connectivity index (χ1) is 12.9. The van der Waals surface area contributed by atoms with Crippen LogP contribution in [0.5, 0.6) is 17.2 Å². The van der Waals surface area contributed by atoms with E-state index in [-0.39, 0.29) is 5.91 Å². The molecule has 142 valence electrons. The molecule has 0 aliphatic carbocycles. The Morgan fingerprint density at radius 3 is 2.67 bits per heavy atom. The summed E-state index contributed by atoms with van der Waals surface area (Å²) in [6.45, 7) is 6.40. The van der Waals surface area contributed by atoms with Crippen LogP contribution in [-0.2, 0) is 4.79 Å². The fraction of sp³-hybridized carbons (Fsp3) is 0.300. The van der Waals surface area contributed by atoms with Crippen molar-refractivity contribution in [3.05, 3.63) is 52.5 Å². The molecular formula is C20H21ClN2O4. The highest BCUT2D eigenvalue weighted by molar-refractivity contribution is 6.30. The van der Waals surface area contributed by atoms with E-state index in [0.29, 0.717) is 41.2 Å². The highest BCUT2D eigenvalue weighted by Gasteiger charge is 2.16. The van der Waals surface area contributed by atoms with Crippen molar-refractivity contribution in [3.63, 3.8) is 0 Å². The predicted octanol–water partition coefficient (Wildman–Crippen LogP) is 3.73. The molecule has 1 aliphatic rings. The second-order valence-corrected chi connectivity index (χ2v) is 6.64. The minimum Gasteiger partial charge on any atom is -0.486 e. The summed E-state index contributed by atoms with van der Waals surface area (Å²) in [6, 6.07) is 10.8. The van der Waals surface area contributed by atoms with Gasteiger partial charge in [0.15, 0.2) is 17.6 Å². The van der Waals surface area contributed by atoms with Crippen LogP contribution in [0.1, 0.15) is 25.0 Å². The Labute approximate surface area is 163 Å². The molecule has 3 rings (SSSR count). The number of halogens is 1. The van der Waals surface area contributed by atoms with E-state index in [4.69, 9.17) is 25.8 Å². The number of ether oxygens (including phenoxy) is 3. The average Bonchev–Trinajstić information content (AvgIpc) is 2.67. The normalized spacial score (nSPS) is 14.4. The third kappa shape index (κ3) is 4.71. The van der Waals surface area contributed by atoms with Crippen molar-refractivity contribution in [2.75, 3.05) is 13.2 Å². The van der Waals surface area contributed by atoms with Gasteiger partial charge in [0.05, 0.1) is 5.71 Å². The molecule has 0 saturated carbocycles. The third-order valence-corrected chi connectivity index (χ3v) is 4.34. The van der Waals surface area contributed by atoms with E-state index in [1.165, 1.54) is 0 Å². The minimum absolute atomic E-state index is 0.346. The standard InChI is InChI=1S/C20H21ClN2O4/c1-12-10-16(21)5-7-17(12)27-14(3)20(24)23-22-13(2)15-4-6-18-19(11-15)26-9-8-25-18/h4-7,10-11,14H,8-9H2,1-3H3,(H,23,24)/b22-13-. The van der Waals surface area contributed by atoms with Crippen LogP contribution >= 0.6 is 11.6 Å². The number of hydrogen-bond acceptors (Lipinski definition) is 5. The lowest BCUT2D eigenvalue weighted by Gasteiger charge is -2.19. The molecule has 1 unspecified atom stereocenters. The second-order valence-electron chi connectivity index (χ2n) is 6.20. The molecule has 0 saturated heterocycles. The molecule has 1 amide bonds. The van der Waals surface area contributed by atoms with Crippen LogP contribution in [0, 0.1) is 6.92 Å². The largest absolute Gasteiger partial charge is 0.486 e. The van der Waals surface area contributed by atoms with Gasteiger partial charge in [-0.25, -0.2) is 5.43 Å². The van der Waals surface area contributed by atoms with Gasteiger partial charge in [-0.05, 0) is 62.7 Å². The number of nitrogens with zero attached hydrogens (tertiary/aromatic N) is 1. The number of hydrazone groups is 1.